The Balaban J connectivity index is 2.82. The van der Waals surface area contributed by atoms with Gasteiger partial charge in [0.2, 0.25) is 0 Å². The summed E-state index contributed by atoms with van der Waals surface area (Å²) in [6.07, 6.45) is 2.76. The second kappa shape index (κ2) is 3.65. The molecule has 0 radical (unpaired) electrons. The lowest BCUT2D eigenvalue weighted by Crippen LogP contribution is -2.38. The monoisotopic (exact) mass is 219 g/mol. The molecule has 0 aliphatic heterocycles. The van der Waals surface area contributed by atoms with Crippen LogP contribution < -0.4 is 16.5 Å². The quantitative estimate of drug-likeness (QED) is 0.639. The van der Waals surface area contributed by atoms with Crippen molar-refractivity contribution in [3.63, 3.8) is 0 Å². The number of nitrogens with zero attached hydrogens (tertiary/aromatic N) is 2. The fourth-order valence-corrected chi connectivity index (χ4v) is 1.35. The SMILES string of the molecule is Cn1[nH]cc(-n2ccccc2=O)c(=O)c1=O. The molecule has 6 heteroatoms. The van der Waals surface area contributed by atoms with Crippen LogP contribution >= 0.6 is 0 Å². The topological polar surface area (TPSA) is 76.9 Å². The van der Waals surface area contributed by atoms with Crippen LogP contribution in [0, 0.1) is 0 Å². The van der Waals surface area contributed by atoms with Gasteiger partial charge in [-0.15, -0.1) is 0 Å². The predicted octanol–water partition coefficient (Wildman–Crippen LogP) is -0.775. The summed E-state index contributed by atoms with van der Waals surface area (Å²) in [7, 11) is 1.43. The largest absolute Gasteiger partial charge is 0.314 e. The van der Waals surface area contributed by atoms with Crippen molar-refractivity contribution in [2.24, 2.45) is 7.05 Å². The molecule has 0 atom stereocenters. The van der Waals surface area contributed by atoms with Gasteiger partial charge in [0.05, 0.1) is 0 Å². The van der Waals surface area contributed by atoms with Gasteiger partial charge in [-0.3, -0.25) is 23.6 Å². The summed E-state index contributed by atoms with van der Waals surface area (Å²) < 4.78 is 2.18. The van der Waals surface area contributed by atoms with Crippen LogP contribution in [0.5, 0.6) is 0 Å². The first-order chi connectivity index (χ1) is 7.61. The van der Waals surface area contributed by atoms with Crippen molar-refractivity contribution in [2.75, 3.05) is 0 Å². The van der Waals surface area contributed by atoms with E-state index in [0.29, 0.717) is 0 Å². The van der Waals surface area contributed by atoms with Gasteiger partial charge in [-0.2, -0.15) is 0 Å². The minimum Gasteiger partial charge on any atom is -0.301 e. The second-order valence-corrected chi connectivity index (χ2v) is 3.26. The number of hydrogen-bond donors (Lipinski definition) is 1. The van der Waals surface area contributed by atoms with Gasteiger partial charge >= 0.3 is 5.56 Å². The molecule has 1 N–H and O–H groups in total. The molecule has 0 bridgehead atoms. The Bertz CT molecular complexity index is 693. The van der Waals surface area contributed by atoms with E-state index in [1.54, 1.807) is 12.1 Å². The summed E-state index contributed by atoms with van der Waals surface area (Å²) in [4.78, 5) is 34.5. The molecule has 0 unspecified atom stereocenters. The molecule has 0 spiro atoms. The van der Waals surface area contributed by atoms with Crippen LogP contribution in [0.2, 0.25) is 0 Å². The number of rotatable bonds is 1. The van der Waals surface area contributed by atoms with Crippen LogP contribution in [0.4, 0.5) is 0 Å². The van der Waals surface area contributed by atoms with Gasteiger partial charge in [0, 0.05) is 25.5 Å². The number of aromatic nitrogens is 3. The Morgan fingerprint density at radius 2 is 1.94 bits per heavy atom. The first-order valence-electron chi connectivity index (χ1n) is 4.58. The average Bonchev–Trinajstić information content (AvgIpc) is 2.28. The van der Waals surface area contributed by atoms with Crippen molar-refractivity contribution in [3.8, 4) is 5.69 Å². The van der Waals surface area contributed by atoms with Crippen molar-refractivity contribution < 1.29 is 0 Å². The molecule has 6 nitrogen and oxygen atoms in total. The Morgan fingerprint density at radius 1 is 1.19 bits per heavy atom. The van der Waals surface area contributed by atoms with Gasteiger partial charge in [0.1, 0.15) is 5.69 Å². The molecule has 0 saturated carbocycles. The molecule has 0 amide bonds. The van der Waals surface area contributed by atoms with Gasteiger partial charge in [0.15, 0.2) is 0 Å². The Labute approximate surface area is 89.4 Å². The summed E-state index contributed by atoms with van der Waals surface area (Å²) >= 11 is 0. The van der Waals surface area contributed by atoms with Gasteiger partial charge in [-0.05, 0) is 6.07 Å². The highest BCUT2D eigenvalue weighted by Gasteiger charge is 2.07. The maximum absolute atomic E-state index is 11.6. The Kier molecular flexibility index (Phi) is 2.32. The lowest BCUT2D eigenvalue weighted by Gasteiger charge is -2.04. The second-order valence-electron chi connectivity index (χ2n) is 3.26. The molecule has 0 fully saturated rings. The number of aryl methyl sites for hydroxylation is 1. The lowest BCUT2D eigenvalue weighted by molar-refractivity contribution is 0.692. The van der Waals surface area contributed by atoms with E-state index in [1.807, 2.05) is 0 Å². The van der Waals surface area contributed by atoms with E-state index in [4.69, 9.17) is 0 Å². The Hall–Kier alpha value is -2.37. The summed E-state index contributed by atoms with van der Waals surface area (Å²) in [5.74, 6) is 0. The standard InChI is InChI=1S/C10H9N3O3/c1-12-10(16)9(15)7(6-11-12)13-5-3-2-4-8(13)14/h2-6,11H,1H3. The highest BCUT2D eigenvalue weighted by molar-refractivity contribution is 5.27. The minimum atomic E-state index is -0.713. The summed E-state index contributed by atoms with van der Waals surface area (Å²) in [5, 5.41) is 2.58. The highest BCUT2D eigenvalue weighted by atomic mass is 16.2. The molecule has 2 heterocycles. The van der Waals surface area contributed by atoms with E-state index in [2.05, 4.69) is 5.10 Å². The normalized spacial score (nSPS) is 10.3. The van der Waals surface area contributed by atoms with Crippen molar-refractivity contribution in [1.29, 1.82) is 0 Å². The molecule has 0 aliphatic rings. The molecule has 0 saturated heterocycles. The van der Waals surface area contributed by atoms with Gasteiger partial charge < -0.3 is 5.10 Å². The van der Waals surface area contributed by atoms with E-state index in [-0.39, 0.29) is 11.2 Å². The van der Waals surface area contributed by atoms with Gasteiger partial charge in [-0.25, -0.2) is 0 Å². The number of H-pyrrole nitrogens is 1. The zero-order valence-electron chi connectivity index (χ0n) is 8.51. The summed E-state index contributed by atoms with van der Waals surface area (Å²) in [5.41, 5.74) is -1.75. The zero-order valence-corrected chi connectivity index (χ0v) is 8.51. The molecule has 2 aromatic rings. The first-order valence-corrected chi connectivity index (χ1v) is 4.58. The maximum atomic E-state index is 11.6. The highest BCUT2D eigenvalue weighted by Crippen LogP contribution is 1.92. The van der Waals surface area contributed by atoms with E-state index in [0.717, 1.165) is 9.25 Å². The van der Waals surface area contributed by atoms with Crippen LogP contribution in [0.3, 0.4) is 0 Å². The molecule has 82 valence electrons. The molecule has 2 rings (SSSR count). The maximum Gasteiger partial charge on any atom is 0.314 e. The van der Waals surface area contributed by atoms with Crippen molar-refractivity contribution in [2.45, 2.75) is 0 Å². The van der Waals surface area contributed by atoms with Crippen molar-refractivity contribution in [1.82, 2.24) is 14.3 Å². The number of hydrogen-bond acceptors (Lipinski definition) is 3. The lowest BCUT2D eigenvalue weighted by atomic mass is 10.4. The fraction of sp³-hybridized carbons (Fsp3) is 0.100. The molecule has 2 aromatic heterocycles. The molecule has 0 aromatic carbocycles. The minimum absolute atomic E-state index is 0.0219. The molecule has 0 aliphatic carbocycles. The third kappa shape index (κ3) is 1.50. The van der Waals surface area contributed by atoms with E-state index in [9.17, 15) is 14.4 Å². The van der Waals surface area contributed by atoms with Crippen molar-refractivity contribution >= 4 is 0 Å². The third-order valence-electron chi connectivity index (χ3n) is 2.21. The van der Waals surface area contributed by atoms with Crippen LogP contribution in [0.25, 0.3) is 5.69 Å². The van der Waals surface area contributed by atoms with Gasteiger partial charge in [0.25, 0.3) is 11.0 Å². The van der Waals surface area contributed by atoms with Crippen LogP contribution in [0.15, 0.2) is 45.0 Å². The van der Waals surface area contributed by atoms with E-state index >= 15 is 0 Å². The number of aromatic amines is 1. The molecule has 16 heavy (non-hydrogen) atoms. The van der Waals surface area contributed by atoms with Crippen LogP contribution in [-0.2, 0) is 7.05 Å². The van der Waals surface area contributed by atoms with Crippen LogP contribution in [0.1, 0.15) is 0 Å². The first kappa shape index (κ1) is 10.2. The number of pyridine rings is 1. The summed E-state index contributed by atoms with van der Waals surface area (Å²) in [6, 6.07) is 4.49. The van der Waals surface area contributed by atoms with Crippen molar-refractivity contribution in [3.05, 3.63) is 61.5 Å². The summed E-state index contributed by atoms with van der Waals surface area (Å²) in [6.45, 7) is 0. The predicted molar refractivity (Wildman–Crippen MR) is 57.9 cm³/mol. The Morgan fingerprint density at radius 3 is 2.62 bits per heavy atom. The fourth-order valence-electron chi connectivity index (χ4n) is 1.35. The van der Waals surface area contributed by atoms with Crippen LogP contribution in [-0.4, -0.2) is 14.3 Å². The van der Waals surface area contributed by atoms with E-state index < -0.39 is 11.0 Å². The smallest absolute Gasteiger partial charge is 0.301 e. The molecular weight excluding hydrogens is 210 g/mol. The van der Waals surface area contributed by atoms with E-state index in [1.165, 1.54) is 25.5 Å². The zero-order chi connectivity index (χ0) is 11.7. The van der Waals surface area contributed by atoms with Gasteiger partial charge in [-0.1, -0.05) is 6.07 Å². The number of nitrogens with one attached hydrogen (secondary N) is 1. The molecular formula is C10H9N3O3. The average molecular weight is 219 g/mol. The third-order valence-corrected chi connectivity index (χ3v) is 2.21.